The fraction of sp³-hybridized carbons (Fsp3) is 0.605. The first kappa shape index (κ1) is 36.6. The minimum Gasteiger partial charge on any atom is -0.444 e. The predicted octanol–water partition coefficient (Wildman–Crippen LogP) is 6.00. The number of aromatic nitrogens is 3. The standard InChI is InChI=1S/C38H54N8O5/c1-37(2,3)50-35(48)45-15-12-26(13-16-45)25-43-17-19-44(20-18-43)33-11-10-27(23-40-33)34(47)41-32-22-30-28(24-39-32)21-31(29-9-8-14-42(29)7)46(30)36(49)51-38(4,5)6/h10-11,21-24,26,29H,8-9,12-20,25H2,1-7H3,(H,39,41,47)/t29-/m1/s1. The number of piperidine rings is 1. The number of fused-ring (bicyclic) bond motifs is 1. The first-order valence-corrected chi connectivity index (χ1v) is 18.3. The Morgan fingerprint density at radius 1 is 0.824 bits per heavy atom. The van der Waals surface area contributed by atoms with E-state index in [1.807, 2.05) is 58.6 Å². The summed E-state index contributed by atoms with van der Waals surface area (Å²) < 4.78 is 13.0. The van der Waals surface area contributed by atoms with Crippen molar-refractivity contribution < 1.29 is 23.9 Å². The Balaban J connectivity index is 1.04. The quantitative estimate of drug-likeness (QED) is 0.327. The van der Waals surface area contributed by atoms with Gasteiger partial charge in [-0.15, -0.1) is 0 Å². The molecule has 3 fully saturated rings. The third kappa shape index (κ3) is 8.99. The monoisotopic (exact) mass is 702 g/mol. The van der Waals surface area contributed by atoms with Crippen molar-refractivity contribution in [2.24, 2.45) is 5.92 Å². The van der Waals surface area contributed by atoms with E-state index in [9.17, 15) is 14.4 Å². The summed E-state index contributed by atoms with van der Waals surface area (Å²) in [6.07, 6.45) is 6.62. The summed E-state index contributed by atoms with van der Waals surface area (Å²) in [4.78, 5) is 57.2. The van der Waals surface area contributed by atoms with Gasteiger partial charge < -0.3 is 24.6 Å². The zero-order valence-electron chi connectivity index (χ0n) is 31.3. The van der Waals surface area contributed by atoms with Crippen LogP contribution in [-0.2, 0) is 9.47 Å². The Hall–Kier alpha value is -4.23. The molecule has 0 unspecified atom stereocenters. The summed E-state index contributed by atoms with van der Waals surface area (Å²) in [6.45, 7) is 18.3. The normalized spacial score (nSPS) is 19.8. The molecule has 3 aromatic heterocycles. The summed E-state index contributed by atoms with van der Waals surface area (Å²) >= 11 is 0. The number of anilines is 2. The van der Waals surface area contributed by atoms with E-state index >= 15 is 0 Å². The summed E-state index contributed by atoms with van der Waals surface area (Å²) in [7, 11) is 2.07. The van der Waals surface area contributed by atoms with Crippen LogP contribution in [0.25, 0.3) is 10.9 Å². The van der Waals surface area contributed by atoms with Crippen molar-refractivity contribution in [2.75, 3.05) is 69.6 Å². The number of nitrogens with zero attached hydrogens (tertiary/aromatic N) is 7. The third-order valence-corrected chi connectivity index (χ3v) is 9.88. The van der Waals surface area contributed by atoms with E-state index < -0.39 is 17.3 Å². The summed E-state index contributed by atoms with van der Waals surface area (Å²) in [5.41, 5.74) is 0.800. The third-order valence-electron chi connectivity index (χ3n) is 9.88. The topological polar surface area (TPSA) is 125 Å². The highest BCUT2D eigenvalue weighted by Gasteiger charge is 2.32. The van der Waals surface area contributed by atoms with Crippen LogP contribution in [0.1, 0.15) is 89.3 Å². The van der Waals surface area contributed by atoms with Crippen molar-refractivity contribution in [3.8, 4) is 0 Å². The van der Waals surface area contributed by atoms with Crippen LogP contribution in [0.15, 0.2) is 36.7 Å². The van der Waals surface area contributed by atoms with Crippen molar-refractivity contribution in [3.05, 3.63) is 47.9 Å². The molecule has 0 bridgehead atoms. The van der Waals surface area contributed by atoms with E-state index in [-0.39, 0.29) is 18.0 Å². The number of likely N-dealkylation sites (tertiary alicyclic amines) is 2. The molecule has 0 aliphatic carbocycles. The van der Waals surface area contributed by atoms with Crippen molar-refractivity contribution in [2.45, 2.75) is 84.5 Å². The number of amides is 2. The summed E-state index contributed by atoms with van der Waals surface area (Å²) in [5.74, 6) is 1.43. The molecule has 0 radical (unpaired) electrons. The molecule has 1 atom stereocenters. The first-order chi connectivity index (χ1) is 24.1. The lowest BCUT2D eigenvalue weighted by molar-refractivity contribution is 0.0168. The van der Waals surface area contributed by atoms with Gasteiger partial charge in [0, 0.05) is 75.4 Å². The van der Waals surface area contributed by atoms with Crippen molar-refractivity contribution >= 4 is 40.6 Å². The molecule has 3 aromatic rings. The van der Waals surface area contributed by atoms with Gasteiger partial charge in [0.15, 0.2) is 0 Å². The van der Waals surface area contributed by atoms with Crippen LogP contribution in [0, 0.1) is 5.92 Å². The summed E-state index contributed by atoms with van der Waals surface area (Å²) in [5, 5.41) is 3.71. The number of piperazine rings is 1. The molecular formula is C38H54N8O5. The number of hydrogen-bond acceptors (Lipinski definition) is 10. The fourth-order valence-corrected chi connectivity index (χ4v) is 7.28. The Morgan fingerprint density at radius 3 is 2.12 bits per heavy atom. The predicted molar refractivity (Wildman–Crippen MR) is 197 cm³/mol. The van der Waals surface area contributed by atoms with E-state index in [1.165, 1.54) is 0 Å². The van der Waals surface area contributed by atoms with Crippen LogP contribution in [0.5, 0.6) is 0 Å². The molecule has 3 aliphatic heterocycles. The van der Waals surface area contributed by atoms with E-state index in [4.69, 9.17) is 9.47 Å². The highest BCUT2D eigenvalue weighted by Crippen LogP contribution is 2.35. The van der Waals surface area contributed by atoms with Crippen molar-refractivity contribution in [3.63, 3.8) is 0 Å². The number of carbonyl (C=O) groups excluding carboxylic acids is 3. The Labute approximate surface area is 301 Å². The molecule has 51 heavy (non-hydrogen) atoms. The fourth-order valence-electron chi connectivity index (χ4n) is 7.28. The van der Waals surface area contributed by atoms with Crippen LogP contribution in [0.2, 0.25) is 0 Å². The lowest BCUT2D eigenvalue weighted by Crippen LogP contribution is -2.49. The second kappa shape index (κ2) is 14.8. The van der Waals surface area contributed by atoms with Gasteiger partial charge in [0.2, 0.25) is 0 Å². The molecule has 0 aromatic carbocycles. The molecule has 13 nitrogen and oxygen atoms in total. The molecule has 3 saturated heterocycles. The minimum absolute atomic E-state index is 0.0890. The van der Waals surface area contributed by atoms with Crippen LogP contribution in [0.3, 0.4) is 0 Å². The van der Waals surface area contributed by atoms with Gasteiger partial charge in [-0.05, 0) is 105 Å². The maximum atomic E-state index is 13.5. The Kier molecular flexibility index (Phi) is 10.6. The SMILES string of the molecule is CN1CCC[C@@H]1c1cc2cnc(NC(=O)c3ccc(N4CCN(CC5CCN(C(=O)OC(C)(C)C)CC5)CC4)nc3)cc2n1C(=O)OC(C)(C)C. The molecule has 13 heteroatoms. The minimum atomic E-state index is -0.660. The molecule has 3 aliphatic rings. The van der Waals surface area contributed by atoms with Gasteiger partial charge in [-0.2, -0.15) is 0 Å². The summed E-state index contributed by atoms with van der Waals surface area (Å²) in [6, 6.07) is 7.52. The number of pyridine rings is 2. The number of hydrogen-bond donors (Lipinski definition) is 1. The molecule has 2 amide bonds. The second-order valence-corrected chi connectivity index (χ2v) is 16.2. The van der Waals surface area contributed by atoms with Gasteiger partial charge in [-0.1, -0.05) is 0 Å². The average Bonchev–Trinajstić information content (AvgIpc) is 3.66. The first-order valence-electron chi connectivity index (χ1n) is 18.3. The Morgan fingerprint density at radius 2 is 1.51 bits per heavy atom. The number of ether oxygens (including phenoxy) is 2. The molecule has 6 heterocycles. The lowest BCUT2D eigenvalue weighted by Gasteiger charge is -2.39. The highest BCUT2D eigenvalue weighted by molar-refractivity contribution is 6.04. The zero-order valence-corrected chi connectivity index (χ0v) is 31.3. The van der Waals surface area contributed by atoms with E-state index in [0.29, 0.717) is 22.8 Å². The van der Waals surface area contributed by atoms with Gasteiger partial charge >= 0.3 is 12.2 Å². The molecule has 0 spiro atoms. The van der Waals surface area contributed by atoms with E-state index in [0.717, 1.165) is 94.9 Å². The number of nitrogens with one attached hydrogen (secondary N) is 1. The average molecular weight is 703 g/mol. The van der Waals surface area contributed by atoms with Crippen molar-refractivity contribution in [1.82, 2.24) is 29.2 Å². The van der Waals surface area contributed by atoms with Gasteiger partial charge in [0.1, 0.15) is 22.8 Å². The van der Waals surface area contributed by atoms with Gasteiger partial charge in [-0.25, -0.2) is 24.1 Å². The van der Waals surface area contributed by atoms with Gasteiger partial charge in [0.25, 0.3) is 5.91 Å². The maximum absolute atomic E-state index is 13.5. The van der Waals surface area contributed by atoms with Crippen LogP contribution >= 0.6 is 0 Å². The van der Waals surface area contributed by atoms with Gasteiger partial charge in [0.05, 0.1) is 17.1 Å². The van der Waals surface area contributed by atoms with Crippen LogP contribution in [0.4, 0.5) is 21.2 Å². The number of rotatable bonds is 6. The molecule has 276 valence electrons. The molecule has 1 N–H and O–H groups in total. The second-order valence-electron chi connectivity index (χ2n) is 16.2. The maximum Gasteiger partial charge on any atom is 0.419 e. The van der Waals surface area contributed by atoms with Gasteiger partial charge in [-0.3, -0.25) is 14.6 Å². The Bertz CT molecular complexity index is 1710. The van der Waals surface area contributed by atoms with Crippen molar-refractivity contribution in [1.29, 1.82) is 0 Å². The van der Waals surface area contributed by atoms with E-state index in [1.54, 1.807) is 29.1 Å². The van der Waals surface area contributed by atoms with Crippen LogP contribution in [-0.4, -0.2) is 118 Å². The number of carbonyl (C=O) groups is 3. The van der Waals surface area contributed by atoms with E-state index in [2.05, 4.69) is 37.0 Å². The zero-order chi connectivity index (χ0) is 36.5. The molecule has 6 rings (SSSR count). The van der Waals surface area contributed by atoms with Crippen LogP contribution < -0.4 is 10.2 Å². The largest absolute Gasteiger partial charge is 0.444 e. The molecule has 0 saturated carbocycles. The molecular weight excluding hydrogens is 648 g/mol. The smallest absolute Gasteiger partial charge is 0.419 e. The highest BCUT2D eigenvalue weighted by atomic mass is 16.6. The lowest BCUT2D eigenvalue weighted by atomic mass is 9.96.